The lowest BCUT2D eigenvalue weighted by Crippen LogP contribution is -2.46. The molecule has 0 aliphatic heterocycles. The van der Waals surface area contributed by atoms with Gasteiger partial charge < -0.3 is 21.5 Å². The molecule has 0 unspecified atom stereocenters. The van der Waals surface area contributed by atoms with Crippen LogP contribution in [0.25, 0.3) is 0 Å². The number of hydrogen-bond acceptors (Lipinski definition) is 5. The van der Waals surface area contributed by atoms with Gasteiger partial charge >= 0.3 is 12.0 Å². The number of hydrogen-bond donors (Lipinski definition) is 5. The number of aliphatic carboxylic acids is 1. The van der Waals surface area contributed by atoms with Crippen molar-refractivity contribution < 1.29 is 27.9 Å². The van der Waals surface area contributed by atoms with Gasteiger partial charge in [0.05, 0.1) is 5.75 Å². The molecule has 0 fully saturated rings. The number of carboxylic acid groups (broad SMARTS) is 1. The van der Waals surface area contributed by atoms with Crippen molar-refractivity contribution in [3.63, 3.8) is 0 Å². The molecule has 116 valence electrons. The van der Waals surface area contributed by atoms with Gasteiger partial charge in [0.15, 0.2) is 0 Å². The Morgan fingerprint density at radius 3 is 2.30 bits per heavy atom. The van der Waals surface area contributed by atoms with Crippen LogP contribution in [0.1, 0.15) is 19.3 Å². The fourth-order valence-corrected chi connectivity index (χ4v) is 1.78. The average molecular weight is 310 g/mol. The average Bonchev–Trinajstić information content (AvgIpc) is 2.28. The zero-order chi connectivity index (χ0) is 15.8. The van der Waals surface area contributed by atoms with Crippen LogP contribution in [0.15, 0.2) is 0 Å². The van der Waals surface area contributed by atoms with E-state index in [4.69, 9.17) is 16.0 Å². The summed E-state index contributed by atoms with van der Waals surface area (Å²) in [6.07, 6.45) is -0.205. The molecule has 0 heterocycles. The number of sulfonamides is 1. The molecule has 0 aromatic carbocycles. The van der Waals surface area contributed by atoms with Crippen LogP contribution >= 0.6 is 0 Å². The van der Waals surface area contributed by atoms with E-state index in [1.54, 1.807) is 0 Å². The molecule has 0 spiro atoms. The number of carboxylic acids is 1. The number of rotatable bonds is 9. The van der Waals surface area contributed by atoms with Gasteiger partial charge in [-0.15, -0.1) is 0 Å². The van der Waals surface area contributed by atoms with Crippen LogP contribution in [-0.2, 0) is 19.6 Å². The van der Waals surface area contributed by atoms with Crippen LogP contribution in [0, 0.1) is 0 Å². The minimum atomic E-state index is -3.59. The quantitative estimate of drug-likeness (QED) is 0.298. The molecule has 20 heavy (non-hydrogen) atoms. The normalized spacial score (nSPS) is 12.4. The van der Waals surface area contributed by atoms with E-state index in [2.05, 4.69) is 10.6 Å². The molecule has 0 radical (unpaired) electrons. The maximum Gasteiger partial charge on any atom is 0.326 e. The van der Waals surface area contributed by atoms with Crippen molar-refractivity contribution in [1.82, 2.24) is 10.6 Å². The summed E-state index contributed by atoms with van der Waals surface area (Å²) in [5, 5.41) is 18.0. The number of nitrogens with two attached hydrogens (primary N) is 2. The van der Waals surface area contributed by atoms with Gasteiger partial charge in [-0.2, -0.15) is 0 Å². The van der Waals surface area contributed by atoms with Crippen LogP contribution in [0.4, 0.5) is 4.79 Å². The number of amides is 3. The molecule has 0 aliphatic carbocycles. The maximum absolute atomic E-state index is 11.3. The Hall–Kier alpha value is -1.88. The van der Waals surface area contributed by atoms with Crippen LogP contribution < -0.4 is 21.5 Å². The summed E-state index contributed by atoms with van der Waals surface area (Å²) in [6.45, 7) is 0.0183. The molecule has 3 amide bonds. The summed E-state index contributed by atoms with van der Waals surface area (Å²) in [7, 11) is -3.59. The minimum Gasteiger partial charge on any atom is -0.480 e. The molecule has 0 saturated carbocycles. The molecule has 0 rings (SSSR count). The van der Waals surface area contributed by atoms with E-state index in [1.807, 2.05) is 0 Å². The third-order valence-electron chi connectivity index (χ3n) is 2.17. The zero-order valence-electron chi connectivity index (χ0n) is 10.7. The molecule has 1 atom stereocenters. The van der Waals surface area contributed by atoms with Gasteiger partial charge in [0.2, 0.25) is 15.9 Å². The summed E-state index contributed by atoms with van der Waals surface area (Å²) in [5.41, 5.74) is 4.88. The Labute approximate surface area is 115 Å². The first-order chi connectivity index (χ1) is 9.11. The summed E-state index contributed by atoms with van der Waals surface area (Å²) < 4.78 is 21.2. The van der Waals surface area contributed by atoms with Crippen LogP contribution in [0.5, 0.6) is 0 Å². The lowest BCUT2D eigenvalue weighted by molar-refractivity contribution is -0.139. The Bertz CT molecular complexity index is 463. The first kappa shape index (κ1) is 18.1. The third kappa shape index (κ3) is 10.1. The van der Waals surface area contributed by atoms with Gasteiger partial charge in [-0.1, -0.05) is 0 Å². The number of carbonyl (C=O) groups is 3. The van der Waals surface area contributed by atoms with Gasteiger partial charge in [0.25, 0.3) is 0 Å². The molecule has 0 bridgehead atoms. The molecule has 10 nitrogen and oxygen atoms in total. The molecular weight excluding hydrogens is 292 g/mol. The fourth-order valence-electron chi connectivity index (χ4n) is 1.23. The van der Waals surface area contributed by atoms with Crippen molar-refractivity contribution in [2.75, 3.05) is 12.3 Å². The molecule has 11 heteroatoms. The van der Waals surface area contributed by atoms with E-state index in [1.165, 1.54) is 0 Å². The number of primary amides is 1. The second kappa shape index (κ2) is 8.32. The van der Waals surface area contributed by atoms with Gasteiger partial charge in [-0.3, -0.25) is 4.79 Å². The molecule has 0 saturated heterocycles. The molecular formula is C9H18N4O6S. The van der Waals surface area contributed by atoms with Crippen molar-refractivity contribution in [3.8, 4) is 0 Å². The van der Waals surface area contributed by atoms with Crippen molar-refractivity contribution in [1.29, 1.82) is 0 Å². The van der Waals surface area contributed by atoms with E-state index in [0.29, 0.717) is 0 Å². The Morgan fingerprint density at radius 2 is 1.85 bits per heavy atom. The monoisotopic (exact) mass is 310 g/mol. The Balaban J connectivity index is 4.07. The summed E-state index contributed by atoms with van der Waals surface area (Å²) >= 11 is 0. The molecule has 0 aromatic heterocycles. The van der Waals surface area contributed by atoms with Gasteiger partial charge in [0, 0.05) is 13.0 Å². The first-order valence-corrected chi connectivity index (χ1v) is 7.39. The minimum absolute atomic E-state index is 0.0183. The number of carbonyl (C=O) groups excluding carboxylic acids is 2. The van der Waals surface area contributed by atoms with Gasteiger partial charge in [0.1, 0.15) is 6.04 Å². The van der Waals surface area contributed by atoms with Crippen molar-refractivity contribution in [3.05, 3.63) is 0 Å². The summed E-state index contributed by atoms with van der Waals surface area (Å²) in [4.78, 5) is 32.7. The van der Waals surface area contributed by atoms with Crippen LogP contribution in [-0.4, -0.2) is 49.8 Å². The summed E-state index contributed by atoms with van der Waals surface area (Å²) in [5.74, 6) is -2.27. The number of urea groups is 1. The maximum atomic E-state index is 11.3. The Morgan fingerprint density at radius 1 is 1.25 bits per heavy atom. The topological polar surface area (TPSA) is 182 Å². The highest BCUT2D eigenvalue weighted by molar-refractivity contribution is 7.89. The second-order valence-corrected chi connectivity index (χ2v) is 5.75. The van der Waals surface area contributed by atoms with E-state index >= 15 is 0 Å². The highest BCUT2D eigenvalue weighted by Crippen LogP contribution is 1.97. The largest absolute Gasteiger partial charge is 0.480 e. The standard InChI is InChI=1S/C9H18N4O6S/c10-7(14)3-2-6(8(15)16)13-9(17)12-4-1-5-20(11,18)19/h6H,1-5H2,(H2,10,14)(H,15,16)(H2,11,18,19)(H2,12,13,17)/t6-/m1/s1. The van der Waals surface area contributed by atoms with Crippen LogP contribution in [0.2, 0.25) is 0 Å². The predicted octanol–water partition coefficient (Wildman–Crippen LogP) is -2.32. The zero-order valence-corrected chi connectivity index (χ0v) is 11.5. The molecule has 7 N–H and O–H groups in total. The highest BCUT2D eigenvalue weighted by Gasteiger charge is 2.20. The van der Waals surface area contributed by atoms with Crippen molar-refractivity contribution in [2.24, 2.45) is 10.9 Å². The highest BCUT2D eigenvalue weighted by atomic mass is 32.2. The Kier molecular flexibility index (Phi) is 7.54. The van der Waals surface area contributed by atoms with Crippen molar-refractivity contribution >= 4 is 27.9 Å². The smallest absolute Gasteiger partial charge is 0.326 e. The van der Waals surface area contributed by atoms with E-state index in [0.717, 1.165) is 0 Å². The lowest BCUT2D eigenvalue weighted by Gasteiger charge is -2.14. The lowest BCUT2D eigenvalue weighted by atomic mass is 10.1. The predicted molar refractivity (Wildman–Crippen MR) is 69.0 cm³/mol. The first-order valence-electron chi connectivity index (χ1n) is 5.68. The van der Waals surface area contributed by atoms with Crippen molar-refractivity contribution in [2.45, 2.75) is 25.3 Å². The van der Waals surface area contributed by atoms with Gasteiger partial charge in [-0.25, -0.2) is 23.1 Å². The number of primary sulfonamides is 1. The van der Waals surface area contributed by atoms with Crippen LogP contribution in [0.3, 0.4) is 0 Å². The molecule has 0 aliphatic rings. The van der Waals surface area contributed by atoms with E-state index < -0.39 is 34.0 Å². The van der Waals surface area contributed by atoms with E-state index in [9.17, 15) is 22.8 Å². The third-order valence-corrected chi connectivity index (χ3v) is 3.03. The van der Waals surface area contributed by atoms with E-state index in [-0.39, 0.29) is 31.6 Å². The number of nitrogens with one attached hydrogen (secondary N) is 2. The SMILES string of the molecule is NC(=O)CC[C@@H](NC(=O)NCCCS(N)(=O)=O)C(=O)O. The fraction of sp³-hybridized carbons (Fsp3) is 0.667. The second-order valence-electron chi connectivity index (χ2n) is 4.02. The van der Waals surface area contributed by atoms with Gasteiger partial charge in [-0.05, 0) is 12.8 Å². The summed E-state index contributed by atoms with van der Waals surface area (Å²) in [6, 6.07) is -2.03. The molecule has 0 aromatic rings.